The number of hydrogen-bond acceptors (Lipinski definition) is 6. The maximum Gasteiger partial charge on any atom is 0.269 e. The third-order valence-electron chi connectivity index (χ3n) is 6.60. The minimum atomic E-state index is -4.25. The number of hydrogen-bond donors (Lipinski definition) is 1. The molecule has 11 heteroatoms. The molecule has 0 radical (unpaired) electrons. The lowest BCUT2D eigenvalue weighted by molar-refractivity contribution is -0.384. The molecule has 3 rings (SSSR count). The molecule has 1 N–H and O–H groups in total. The van der Waals surface area contributed by atoms with E-state index in [0.29, 0.717) is 6.42 Å². The summed E-state index contributed by atoms with van der Waals surface area (Å²) in [4.78, 5) is 38.8. The van der Waals surface area contributed by atoms with Crippen molar-refractivity contribution >= 4 is 33.2 Å². The van der Waals surface area contributed by atoms with E-state index in [4.69, 9.17) is 0 Å². The number of nitro benzene ring substituents is 1. The number of nitrogens with one attached hydrogen (secondary N) is 1. The zero-order valence-corrected chi connectivity index (χ0v) is 23.8. The molecule has 2 atom stereocenters. The van der Waals surface area contributed by atoms with Gasteiger partial charge in [0.2, 0.25) is 11.8 Å². The van der Waals surface area contributed by atoms with Crippen molar-refractivity contribution in [3.8, 4) is 0 Å². The Labute approximate surface area is 234 Å². The summed E-state index contributed by atoms with van der Waals surface area (Å²) >= 11 is 0. The van der Waals surface area contributed by atoms with Gasteiger partial charge in [-0.25, -0.2) is 8.42 Å². The summed E-state index contributed by atoms with van der Waals surface area (Å²) in [6.45, 7) is 6.79. The van der Waals surface area contributed by atoms with Gasteiger partial charge in [0.15, 0.2) is 0 Å². The van der Waals surface area contributed by atoms with Gasteiger partial charge < -0.3 is 10.2 Å². The van der Waals surface area contributed by atoms with E-state index in [9.17, 15) is 28.1 Å². The van der Waals surface area contributed by atoms with Crippen LogP contribution in [0, 0.1) is 17.0 Å². The first-order valence-electron chi connectivity index (χ1n) is 12.9. The Balaban J connectivity index is 2.02. The first-order valence-corrected chi connectivity index (χ1v) is 14.4. The lowest BCUT2D eigenvalue weighted by atomic mass is 10.1. The summed E-state index contributed by atoms with van der Waals surface area (Å²) in [6, 6.07) is 19.0. The molecule has 0 aliphatic heterocycles. The summed E-state index contributed by atoms with van der Waals surface area (Å²) in [5.41, 5.74) is 1.66. The molecule has 10 nitrogen and oxygen atoms in total. The molecular weight excluding hydrogens is 532 g/mol. The summed E-state index contributed by atoms with van der Waals surface area (Å²) in [7, 11) is -4.25. The number of aryl methyl sites for hydroxylation is 1. The number of benzene rings is 3. The van der Waals surface area contributed by atoms with E-state index in [1.165, 1.54) is 41.3 Å². The molecule has 0 heterocycles. The van der Waals surface area contributed by atoms with E-state index in [0.717, 1.165) is 15.4 Å². The molecule has 0 bridgehead atoms. The fourth-order valence-corrected chi connectivity index (χ4v) is 5.36. The van der Waals surface area contributed by atoms with Crippen molar-refractivity contribution in [1.82, 2.24) is 10.2 Å². The lowest BCUT2D eigenvalue weighted by Gasteiger charge is -2.32. The SMILES string of the molecule is CC[C@@H](C)NC(=O)[C@@H](C)N(Cc1ccc(C)cc1)C(=O)CN(c1ccc([N+](=O)[O-])cc1)S(=O)(=O)c1ccccc1. The Hall–Kier alpha value is -4.25. The number of amides is 2. The lowest BCUT2D eigenvalue weighted by Crippen LogP contribution is -2.52. The number of sulfonamides is 1. The van der Waals surface area contributed by atoms with Crippen LogP contribution in [0.5, 0.6) is 0 Å². The quantitative estimate of drug-likeness (QED) is 0.255. The van der Waals surface area contributed by atoms with Crippen LogP contribution in [0.2, 0.25) is 0 Å². The molecule has 3 aromatic rings. The highest BCUT2D eigenvalue weighted by Crippen LogP contribution is 2.26. The van der Waals surface area contributed by atoms with Gasteiger partial charge >= 0.3 is 0 Å². The Morgan fingerprint density at radius 2 is 1.55 bits per heavy atom. The van der Waals surface area contributed by atoms with Crippen LogP contribution in [0.3, 0.4) is 0 Å². The van der Waals surface area contributed by atoms with E-state index < -0.39 is 33.4 Å². The van der Waals surface area contributed by atoms with Gasteiger partial charge in [0.05, 0.1) is 15.5 Å². The average molecular weight is 567 g/mol. The fourth-order valence-electron chi connectivity index (χ4n) is 3.93. The zero-order chi connectivity index (χ0) is 29.4. The highest BCUT2D eigenvalue weighted by atomic mass is 32.2. The van der Waals surface area contributed by atoms with Crippen LogP contribution in [0.1, 0.15) is 38.3 Å². The van der Waals surface area contributed by atoms with Crippen LogP contribution in [-0.4, -0.2) is 48.7 Å². The number of nitro groups is 1. The van der Waals surface area contributed by atoms with E-state index >= 15 is 0 Å². The summed E-state index contributed by atoms with van der Waals surface area (Å²) in [5, 5.41) is 14.1. The fraction of sp³-hybridized carbons (Fsp3) is 0.310. The number of anilines is 1. The van der Waals surface area contributed by atoms with Gasteiger partial charge in [0.25, 0.3) is 15.7 Å². The molecule has 0 spiro atoms. The minimum Gasteiger partial charge on any atom is -0.352 e. The van der Waals surface area contributed by atoms with Gasteiger partial charge in [0.1, 0.15) is 12.6 Å². The highest BCUT2D eigenvalue weighted by Gasteiger charge is 2.33. The molecule has 0 aliphatic rings. The average Bonchev–Trinajstić information content (AvgIpc) is 2.95. The van der Waals surface area contributed by atoms with E-state index in [1.54, 1.807) is 25.1 Å². The molecule has 0 unspecified atom stereocenters. The standard InChI is InChI=1S/C29H34N4O6S/c1-5-22(3)30-29(35)23(4)31(19-24-13-11-21(2)12-14-24)28(34)20-32(25-15-17-26(18-16-25)33(36)37)40(38,39)27-9-7-6-8-10-27/h6-18,22-23H,5,19-20H2,1-4H3,(H,30,35)/t22-,23-/m1/s1. The van der Waals surface area contributed by atoms with E-state index in [1.807, 2.05) is 45.0 Å². The summed E-state index contributed by atoms with van der Waals surface area (Å²) in [6.07, 6.45) is 0.702. The van der Waals surface area contributed by atoms with Crippen molar-refractivity contribution in [2.75, 3.05) is 10.8 Å². The molecule has 212 valence electrons. The Morgan fingerprint density at radius 3 is 2.10 bits per heavy atom. The molecule has 0 aromatic heterocycles. The number of nitrogens with zero attached hydrogens (tertiary/aromatic N) is 3. The van der Waals surface area contributed by atoms with Gasteiger partial charge in [-0.1, -0.05) is 55.0 Å². The second-order valence-electron chi connectivity index (χ2n) is 9.60. The maximum absolute atomic E-state index is 13.9. The van der Waals surface area contributed by atoms with Crippen molar-refractivity contribution in [2.45, 2.75) is 57.6 Å². The third kappa shape index (κ3) is 7.44. The van der Waals surface area contributed by atoms with Gasteiger partial charge in [-0.3, -0.25) is 24.0 Å². The van der Waals surface area contributed by atoms with Gasteiger partial charge in [0, 0.05) is 24.7 Å². The highest BCUT2D eigenvalue weighted by molar-refractivity contribution is 7.92. The monoisotopic (exact) mass is 566 g/mol. The number of non-ortho nitro benzene ring substituents is 1. The van der Waals surface area contributed by atoms with Crippen LogP contribution >= 0.6 is 0 Å². The number of rotatable bonds is 12. The topological polar surface area (TPSA) is 130 Å². The Kier molecular flexibility index (Phi) is 10.0. The Morgan fingerprint density at radius 1 is 0.950 bits per heavy atom. The van der Waals surface area contributed by atoms with Crippen molar-refractivity contribution < 1.29 is 22.9 Å². The van der Waals surface area contributed by atoms with E-state index in [-0.39, 0.29) is 34.8 Å². The van der Waals surface area contributed by atoms with Crippen LogP contribution in [-0.2, 0) is 26.2 Å². The van der Waals surface area contributed by atoms with Crippen LogP contribution in [0.25, 0.3) is 0 Å². The molecule has 3 aromatic carbocycles. The van der Waals surface area contributed by atoms with Crippen molar-refractivity contribution in [3.05, 3.63) is 100 Å². The predicted molar refractivity (Wildman–Crippen MR) is 153 cm³/mol. The predicted octanol–water partition coefficient (Wildman–Crippen LogP) is 4.43. The Bertz CT molecular complexity index is 1430. The second kappa shape index (κ2) is 13.2. The second-order valence-corrected chi connectivity index (χ2v) is 11.5. The summed E-state index contributed by atoms with van der Waals surface area (Å²) in [5.74, 6) is -0.965. The first-order chi connectivity index (χ1) is 18.9. The third-order valence-corrected chi connectivity index (χ3v) is 8.39. The maximum atomic E-state index is 13.9. The summed E-state index contributed by atoms with van der Waals surface area (Å²) < 4.78 is 28.4. The van der Waals surface area contributed by atoms with Crippen molar-refractivity contribution in [1.29, 1.82) is 0 Å². The van der Waals surface area contributed by atoms with Crippen LogP contribution in [0.15, 0.2) is 83.8 Å². The van der Waals surface area contributed by atoms with Crippen LogP contribution in [0.4, 0.5) is 11.4 Å². The molecule has 40 heavy (non-hydrogen) atoms. The van der Waals surface area contributed by atoms with Gasteiger partial charge in [-0.2, -0.15) is 0 Å². The van der Waals surface area contributed by atoms with Crippen molar-refractivity contribution in [2.24, 2.45) is 0 Å². The largest absolute Gasteiger partial charge is 0.352 e. The molecule has 2 amide bonds. The number of carbonyl (C=O) groups is 2. The molecular formula is C29H34N4O6S. The number of carbonyl (C=O) groups excluding carboxylic acids is 2. The smallest absolute Gasteiger partial charge is 0.269 e. The normalized spacial score (nSPS) is 12.7. The molecule has 0 aliphatic carbocycles. The minimum absolute atomic E-state index is 0.0474. The van der Waals surface area contributed by atoms with Gasteiger partial charge in [-0.05, 0) is 57.0 Å². The molecule has 0 saturated carbocycles. The van der Waals surface area contributed by atoms with Gasteiger partial charge in [-0.15, -0.1) is 0 Å². The van der Waals surface area contributed by atoms with Crippen molar-refractivity contribution in [3.63, 3.8) is 0 Å². The van der Waals surface area contributed by atoms with Crippen LogP contribution < -0.4 is 9.62 Å². The first kappa shape index (κ1) is 30.3. The van der Waals surface area contributed by atoms with E-state index in [2.05, 4.69) is 5.32 Å². The molecule has 0 saturated heterocycles. The zero-order valence-electron chi connectivity index (χ0n) is 23.0. The molecule has 0 fully saturated rings.